The summed E-state index contributed by atoms with van der Waals surface area (Å²) in [6, 6.07) is 13.9. The zero-order chi connectivity index (χ0) is 20.2. The second kappa shape index (κ2) is 11.8. The molecule has 2 aromatic rings. The van der Waals surface area contributed by atoms with Crippen LogP contribution in [0.25, 0.3) is 0 Å². The highest BCUT2D eigenvalue weighted by Crippen LogP contribution is 2.21. The Morgan fingerprint density at radius 2 is 1.57 bits per heavy atom. The first-order valence-electron chi connectivity index (χ1n) is 9.20. The van der Waals surface area contributed by atoms with Crippen molar-refractivity contribution in [1.29, 1.82) is 0 Å². The van der Waals surface area contributed by atoms with Crippen LogP contribution in [0.3, 0.4) is 0 Å². The molecule has 0 saturated heterocycles. The molecular formula is C21H24ClN3O3. The van der Waals surface area contributed by atoms with Gasteiger partial charge in [-0.3, -0.25) is 9.59 Å². The summed E-state index contributed by atoms with van der Waals surface area (Å²) < 4.78 is 0. The minimum atomic E-state index is -0.152. The maximum atomic E-state index is 11.9. The molecule has 0 aliphatic carbocycles. The van der Waals surface area contributed by atoms with Crippen LogP contribution < -0.4 is 10.7 Å². The van der Waals surface area contributed by atoms with Crippen molar-refractivity contribution in [3.8, 4) is 5.75 Å². The smallest absolute Gasteiger partial charge is 0.240 e. The van der Waals surface area contributed by atoms with Gasteiger partial charge in [-0.15, -0.1) is 0 Å². The zero-order valence-electron chi connectivity index (χ0n) is 15.5. The van der Waals surface area contributed by atoms with Crippen molar-refractivity contribution in [3.63, 3.8) is 0 Å². The zero-order valence-corrected chi connectivity index (χ0v) is 16.3. The van der Waals surface area contributed by atoms with Gasteiger partial charge in [-0.05, 0) is 31.0 Å². The first kappa shape index (κ1) is 21.4. The number of anilines is 1. The molecule has 0 aromatic heterocycles. The Balaban J connectivity index is 1.54. The minimum Gasteiger partial charge on any atom is -0.506 e. The van der Waals surface area contributed by atoms with Crippen molar-refractivity contribution in [2.75, 3.05) is 5.32 Å². The summed E-state index contributed by atoms with van der Waals surface area (Å²) >= 11 is 6.00. The van der Waals surface area contributed by atoms with Crippen molar-refractivity contribution >= 4 is 35.3 Å². The van der Waals surface area contributed by atoms with Gasteiger partial charge < -0.3 is 10.4 Å². The van der Waals surface area contributed by atoms with Crippen molar-refractivity contribution in [1.82, 2.24) is 5.43 Å². The molecule has 0 fully saturated rings. The van der Waals surface area contributed by atoms with Gasteiger partial charge in [0.05, 0.1) is 11.9 Å². The lowest BCUT2D eigenvalue weighted by Crippen LogP contribution is -2.17. The topological polar surface area (TPSA) is 90.8 Å². The number of hydrazone groups is 1. The third-order valence-electron chi connectivity index (χ3n) is 4.03. The van der Waals surface area contributed by atoms with Crippen molar-refractivity contribution in [2.45, 2.75) is 38.5 Å². The number of phenols is 1. The molecule has 0 heterocycles. The first-order chi connectivity index (χ1) is 13.6. The molecule has 0 radical (unpaired) electrons. The molecule has 2 amide bonds. The van der Waals surface area contributed by atoms with Gasteiger partial charge in [0.1, 0.15) is 5.75 Å². The van der Waals surface area contributed by atoms with Gasteiger partial charge in [0.15, 0.2) is 0 Å². The SMILES string of the molecule is O=C(CCCCCCC(=O)Nc1ccccc1O)N/N=C/c1ccccc1Cl. The predicted octanol–water partition coefficient (Wildman–Crippen LogP) is 4.48. The fourth-order valence-electron chi connectivity index (χ4n) is 2.53. The van der Waals surface area contributed by atoms with Crippen molar-refractivity contribution < 1.29 is 14.7 Å². The molecule has 28 heavy (non-hydrogen) atoms. The molecule has 0 unspecified atom stereocenters. The number of unbranched alkanes of at least 4 members (excludes halogenated alkanes) is 3. The van der Waals surface area contributed by atoms with Gasteiger partial charge in [0.25, 0.3) is 0 Å². The number of carbonyl (C=O) groups excluding carboxylic acids is 2. The van der Waals surface area contributed by atoms with Gasteiger partial charge in [-0.2, -0.15) is 5.10 Å². The second-order valence-corrected chi connectivity index (χ2v) is 6.70. The molecule has 2 rings (SSSR count). The second-order valence-electron chi connectivity index (χ2n) is 6.29. The lowest BCUT2D eigenvalue weighted by Gasteiger charge is -2.06. The Morgan fingerprint density at radius 1 is 0.929 bits per heavy atom. The predicted molar refractivity (Wildman–Crippen MR) is 112 cm³/mol. The number of phenolic OH excluding ortho intramolecular Hbond substituents is 1. The van der Waals surface area contributed by atoms with Gasteiger partial charge >= 0.3 is 0 Å². The summed E-state index contributed by atoms with van der Waals surface area (Å²) in [5.41, 5.74) is 3.64. The van der Waals surface area contributed by atoms with Crippen LogP contribution in [0.15, 0.2) is 53.6 Å². The Bertz CT molecular complexity index is 824. The third kappa shape index (κ3) is 7.80. The van der Waals surface area contributed by atoms with E-state index in [1.54, 1.807) is 24.3 Å². The Kier molecular flexibility index (Phi) is 9.01. The summed E-state index contributed by atoms with van der Waals surface area (Å²) in [7, 11) is 0. The van der Waals surface area contributed by atoms with E-state index in [0.717, 1.165) is 31.2 Å². The van der Waals surface area contributed by atoms with Gasteiger partial charge in [-0.25, -0.2) is 5.43 Å². The number of rotatable bonds is 10. The van der Waals surface area contributed by atoms with E-state index in [1.807, 2.05) is 18.2 Å². The lowest BCUT2D eigenvalue weighted by atomic mass is 10.1. The number of aromatic hydroxyl groups is 1. The molecule has 6 nitrogen and oxygen atoms in total. The highest BCUT2D eigenvalue weighted by molar-refractivity contribution is 6.33. The first-order valence-corrected chi connectivity index (χ1v) is 9.58. The molecule has 0 spiro atoms. The number of benzene rings is 2. The number of hydrogen-bond donors (Lipinski definition) is 3. The van der Waals surface area contributed by atoms with E-state index in [4.69, 9.17) is 11.6 Å². The van der Waals surface area contributed by atoms with E-state index in [9.17, 15) is 14.7 Å². The molecule has 3 N–H and O–H groups in total. The fourth-order valence-corrected chi connectivity index (χ4v) is 2.71. The molecule has 148 valence electrons. The average molecular weight is 402 g/mol. The van der Waals surface area contributed by atoms with E-state index in [0.29, 0.717) is 23.6 Å². The number of nitrogens with one attached hydrogen (secondary N) is 2. The summed E-state index contributed by atoms with van der Waals surface area (Å²) in [6.45, 7) is 0. The molecule has 0 aliphatic heterocycles. The van der Waals surface area contributed by atoms with Crippen molar-refractivity contribution in [2.24, 2.45) is 5.10 Å². The monoisotopic (exact) mass is 401 g/mol. The van der Waals surface area contributed by atoms with Crippen LogP contribution in [0, 0.1) is 0 Å². The van der Waals surface area contributed by atoms with Crippen LogP contribution in [-0.4, -0.2) is 23.1 Å². The van der Waals surface area contributed by atoms with E-state index < -0.39 is 0 Å². The van der Waals surface area contributed by atoms with Gasteiger partial charge in [0.2, 0.25) is 11.8 Å². The maximum absolute atomic E-state index is 11.9. The third-order valence-corrected chi connectivity index (χ3v) is 4.38. The number of halogens is 1. The molecule has 7 heteroatoms. The fraction of sp³-hybridized carbons (Fsp3) is 0.286. The van der Waals surface area contributed by atoms with Crippen LogP contribution >= 0.6 is 11.6 Å². The summed E-state index contributed by atoms with van der Waals surface area (Å²) in [6.07, 6.45) is 5.44. The van der Waals surface area contributed by atoms with Crippen LogP contribution in [0.4, 0.5) is 5.69 Å². The largest absolute Gasteiger partial charge is 0.506 e. The number of amides is 2. The Hall–Kier alpha value is -2.86. The van der Waals surface area contributed by atoms with Gasteiger partial charge in [-0.1, -0.05) is 54.8 Å². The minimum absolute atomic E-state index is 0.0547. The van der Waals surface area contributed by atoms with Crippen LogP contribution in [0.5, 0.6) is 5.75 Å². The molecule has 0 aliphatic rings. The average Bonchev–Trinajstić information content (AvgIpc) is 2.68. The summed E-state index contributed by atoms with van der Waals surface area (Å²) in [4.78, 5) is 23.6. The van der Waals surface area contributed by atoms with Crippen LogP contribution in [0.2, 0.25) is 5.02 Å². The summed E-state index contributed by atoms with van der Waals surface area (Å²) in [5, 5.41) is 16.8. The highest BCUT2D eigenvalue weighted by Gasteiger charge is 2.06. The quantitative estimate of drug-likeness (QED) is 0.237. The molecule has 0 bridgehead atoms. The van der Waals surface area contributed by atoms with Crippen molar-refractivity contribution in [3.05, 3.63) is 59.1 Å². The van der Waals surface area contributed by atoms with E-state index >= 15 is 0 Å². The van der Waals surface area contributed by atoms with E-state index in [2.05, 4.69) is 15.8 Å². The summed E-state index contributed by atoms with van der Waals surface area (Å²) in [5.74, 6) is -0.229. The number of para-hydroxylation sites is 2. The normalized spacial score (nSPS) is 10.8. The van der Waals surface area contributed by atoms with E-state index in [-0.39, 0.29) is 17.6 Å². The van der Waals surface area contributed by atoms with Crippen LogP contribution in [-0.2, 0) is 9.59 Å². The molecule has 0 saturated carbocycles. The Morgan fingerprint density at radius 3 is 2.29 bits per heavy atom. The lowest BCUT2D eigenvalue weighted by molar-refractivity contribution is -0.121. The number of hydrogen-bond acceptors (Lipinski definition) is 4. The number of carbonyl (C=O) groups is 2. The van der Waals surface area contributed by atoms with E-state index in [1.165, 1.54) is 12.3 Å². The number of nitrogens with zero attached hydrogens (tertiary/aromatic N) is 1. The maximum Gasteiger partial charge on any atom is 0.240 e. The standard InChI is InChI=1S/C21H24ClN3O3/c22-17-10-6-5-9-16(17)15-23-25-21(28)14-4-2-1-3-13-20(27)24-18-11-7-8-12-19(18)26/h5-12,15,26H,1-4,13-14H2,(H,24,27)(H,25,28)/b23-15+. The molecule has 2 aromatic carbocycles. The highest BCUT2D eigenvalue weighted by atomic mass is 35.5. The Labute approximate surface area is 169 Å². The van der Waals surface area contributed by atoms with Crippen LogP contribution in [0.1, 0.15) is 44.1 Å². The molecule has 0 atom stereocenters. The molecular weight excluding hydrogens is 378 g/mol. The van der Waals surface area contributed by atoms with Gasteiger partial charge in [0, 0.05) is 23.4 Å².